The molecule has 0 aliphatic heterocycles. The first-order valence-electron chi connectivity index (χ1n) is 6.39. The van der Waals surface area contributed by atoms with Crippen LogP contribution in [-0.4, -0.2) is 19.6 Å². The fourth-order valence-electron chi connectivity index (χ4n) is 1.76. The summed E-state index contributed by atoms with van der Waals surface area (Å²) in [4.78, 5) is 5.61. The minimum absolute atomic E-state index is 0.791. The molecule has 100 valence electrons. The molecule has 1 heterocycles. The summed E-state index contributed by atoms with van der Waals surface area (Å²) in [6.45, 7) is 1.69. The van der Waals surface area contributed by atoms with E-state index in [1.807, 2.05) is 18.2 Å². The second kappa shape index (κ2) is 7.59. The van der Waals surface area contributed by atoms with Crippen molar-refractivity contribution >= 4 is 17.3 Å². The van der Waals surface area contributed by atoms with Gasteiger partial charge in [-0.3, -0.25) is 4.99 Å². The molecular formula is C15H19N3S. The lowest BCUT2D eigenvalue weighted by Crippen LogP contribution is -2.37. The molecular weight excluding hydrogens is 254 g/mol. The van der Waals surface area contributed by atoms with Crippen molar-refractivity contribution in [1.82, 2.24) is 10.6 Å². The largest absolute Gasteiger partial charge is 0.356 e. The first-order valence-corrected chi connectivity index (χ1v) is 7.27. The zero-order valence-electron chi connectivity index (χ0n) is 11.1. The maximum Gasteiger partial charge on any atom is 0.191 e. The summed E-state index contributed by atoms with van der Waals surface area (Å²) in [5.41, 5.74) is 1.25. The Kier molecular flexibility index (Phi) is 5.44. The van der Waals surface area contributed by atoms with Gasteiger partial charge in [-0.1, -0.05) is 36.4 Å². The van der Waals surface area contributed by atoms with Crippen molar-refractivity contribution in [3.63, 3.8) is 0 Å². The molecule has 0 unspecified atom stereocenters. The van der Waals surface area contributed by atoms with Crippen molar-refractivity contribution in [1.29, 1.82) is 0 Å². The van der Waals surface area contributed by atoms with Gasteiger partial charge < -0.3 is 10.6 Å². The van der Waals surface area contributed by atoms with Gasteiger partial charge in [0.2, 0.25) is 0 Å². The summed E-state index contributed by atoms with van der Waals surface area (Å²) in [5, 5.41) is 8.74. The van der Waals surface area contributed by atoms with Crippen LogP contribution in [0.2, 0.25) is 0 Å². The number of guanidine groups is 1. The van der Waals surface area contributed by atoms with E-state index in [0.29, 0.717) is 0 Å². The highest BCUT2D eigenvalue weighted by atomic mass is 32.1. The minimum Gasteiger partial charge on any atom is -0.356 e. The van der Waals surface area contributed by atoms with E-state index in [2.05, 4.69) is 45.3 Å². The molecule has 4 heteroatoms. The van der Waals surface area contributed by atoms with E-state index in [1.165, 1.54) is 10.4 Å². The Hall–Kier alpha value is -1.81. The Morgan fingerprint density at radius 2 is 1.95 bits per heavy atom. The Morgan fingerprint density at radius 3 is 2.63 bits per heavy atom. The van der Waals surface area contributed by atoms with Gasteiger partial charge in [0.25, 0.3) is 0 Å². The molecule has 1 aromatic heterocycles. The quantitative estimate of drug-likeness (QED) is 0.649. The van der Waals surface area contributed by atoms with Gasteiger partial charge in [0.15, 0.2) is 5.96 Å². The third-order valence-corrected chi connectivity index (χ3v) is 3.71. The molecule has 0 saturated carbocycles. The van der Waals surface area contributed by atoms with Crippen molar-refractivity contribution in [2.45, 2.75) is 13.0 Å². The number of benzene rings is 1. The Labute approximate surface area is 118 Å². The van der Waals surface area contributed by atoms with Crippen molar-refractivity contribution in [3.05, 3.63) is 58.3 Å². The monoisotopic (exact) mass is 273 g/mol. The lowest BCUT2D eigenvalue weighted by Gasteiger charge is -2.11. The van der Waals surface area contributed by atoms with Gasteiger partial charge in [-0.05, 0) is 23.4 Å². The number of thiophene rings is 1. The summed E-state index contributed by atoms with van der Waals surface area (Å²) in [5.74, 6) is 0.848. The third kappa shape index (κ3) is 4.75. The van der Waals surface area contributed by atoms with Crippen molar-refractivity contribution in [2.24, 2.45) is 4.99 Å². The second-order valence-corrected chi connectivity index (χ2v) is 5.20. The number of hydrogen-bond acceptors (Lipinski definition) is 2. The van der Waals surface area contributed by atoms with Gasteiger partial charge >= 0.3 is 0 Å². The molecule has 0 spiro atoms. The normalized spacial score (nSPS) is 11.3. The van der Waals surface area contributed by atoms with Crippen LogP contribution in [0, 0.1) is 0 Å². The zero-order chi connectivity index (χ0) is 13.3. The van der Waals surface area contributed by atoms with Gasteiger partial charge in [0.05, 0.1) is 0 Å². The average molecular weight is 273 g/mol. The summed E-state index contributed by atoms with van der Waals surface area (Å²) in [6.07, 6.45) is 1.03. The zero-order valence-corrected chi connectivity index (χ0v) is 11.9. The number of hydrogen-bond donors (Lipinski definition) is 2. The van der Waals surface area contributed by atoms with E-state index in [-0.39, 0.29) is 0 Å². The summed E-state index contributed by atoms with van der Waals surface area (Å²) >= 11 is 1.79. The highest BCUT2D eigenvalue weighted by molar-refractivity contribution is 7.09. The number of rotatable bonds is 5. The summed E-state index contributed by atoms with van der Waals surface area (Å²) in [7, 11) is 1.80. The number of nitrogens with one attached hydrogen (secondary N) is 2. The molecule has 0 amide bonds. The van der Waals surface area contributed by atoms with Crippen LogP contribution in [0.15, 0.2) is 52.8 Å². The molecule has 19 heavy (non-hydrogen) atoms. The van der Waals surface area contributed by atoms with Gasteiger partial charge in [-0.15, -0.1) is 11.3 Å². The topological polar surface area (TPSA) is 36.4 Å². The minimum atomic E-state index is 0.791. The fourth-order valence-corrected chi connectivity index (χ4v) is 2.47. The fraction of sp³-hybridized carbons (Fsp3) is 0.267. The van der Waals surface area contributed by atoms with Gasteiger partial charge in [0, 0.05) is 25.0 Å². The van der Waals surface area contributed by atoms with Crippen LogP contribution in [0.3, 0.4) is 0 Å². The molecule has 2 rings (SSSR count). The van der Waals surface area contributed by atoms with Crippen LogP contribution in [-0.2, 0) is 13.0 Å². The smallest absolute Gasteiger partial charge is 0.191 e. The van der Waals surface area contributed by atoms with Crippen LogP contribution in [0.25, 0.3) is 0 Å². The molecule has 0 radical (unpaired) electrons. The SMILES string of the molecule is CN=C(NCCc1cccs1)NCc1ccccc1. The molecule has 0 atom stereocenters. The second-order valence-electron chi connectivity index (χ2n) is 4.17. The van der Waals surface area contributed by atoms with Crippen molar-refractivity contribution < 1.29 is 0 Å². The molecule has 0 aliphatic carbocycles. The molecule has 0 bridgehead atoms. The number of aliphatic imine (C=N–C) groups is 1. The van der Waals surface area contributed by atoms with E-state index in [9.17, 15) is 0 Å². The van der Waals surface area contributed by atoms with E-state index in [1.54, 1.807) is 18.4 Å². The first-order chi connectivity index (χ1) is 9.38. The third-order valence-electron chi connectivity index (χ3n) is 2.77. The van der Waals surface area contributed by atoms with Crippen LogP contribution in [0.1, 0.15) is 10.4 Å². The van der Waals surface area contributed by atoms with Crippen molar-refractivity contribution in [2.75, 3.05) is 13.6 Å². The van der Waals surface area contributed by atoms with Crippen LogP contribution >= 0.6 is 11.3 Å². The van der Waals surface area contributed by atoms with E-state index >= 15 is 0 Å². The Balaban J connectivity index is 1.72. The highest BCUT2D eigenvalue weighted by Gasteiger charge is 1.98. The first kappa shape index (κ1) is 13.6. The van der Waals surface area contributed by atoms with Gasteiger partial charge in [-0.25, -0.2) is 0 Å². The molecule has 2 N–H and O–H groups in total. The Morgan fingerprint density at radius 1 is 1.11 bits per heavy atom. The molecule has 0 saturated heterocycles. The molecule has 1 aromatic carbocycles. The van der Waals surface area contributed by atoms with Crippen molar-refractivity contribution in [3.8, 4) is 0 Å². The predicted octanol–water partition coefficient (Wildman–Crippen LogP) is 2.66. The summed E-state index contributed by atoms with van der Waals surface area (Å²) in [6, 6.07) is 14.6. The van der Waals surface area contributed by atoms with Gasteiger partial charge in [0.1, 0.15) is 0 Å². The van der Waals surface area contributed by atoms with E-state index in [4.69, 9.17) is 0 Å². The summed E-state index contributed by atoms with van der Waals surface area (Å²) < 4.78 is 0. The van der Waals surface area contributed by atoms with Crippen LogP contribution < -0.4 is 10.6 Å². The molecule has 3 nitrogen and oxygen atoms in total. The molecule has 2 aromatic rings. The standard InChI is InChI=1S/C15H19N3S/c1-16-15(17-10-9-14-8-5-11-19-14)18-12-13-6-3-2-4-7-13/h2-8,11H,9-10,12H2,1H3,(H2,16,17,18). The lowest BCUT2D eigenvalue weighted by atomic mass is 10.2. The van der Waals surface area contributed by atoms with Crippen LogP contribution in [0.4, 0.5) is 0 Å². The number of nitrogens with zero attached hydrogens (tertiary/aromatic N) is 1. The average Bonchev–Trinajstić information content (AvgIpc) is 2.97. The maximum atomic E-state index is 4.22. The molecule has 0 aliphatic rings. The van der Waals surface area contributed by atoms with Crippen LogP contribution in [0.5, 0.6) is 0 Å². The lowest BCUT2D eigenvalue weighted by molar-refractivity contribution is 0.799. The Bertz CT molecular complexity index is 491. The highest BCUT2D eigenvalue weighted by Crippen LogP contribution is 2.07. The van der Waals surface area contributed by atoms with E-state index in [0.717, 1.165) is 25.5 Å². The maximum absolute atomic E-state index is 4.22. The molecule has 0 fully saturated rings. The van der Waals surface area contributed by atoms with Gasteiger partial charge in [-0.2, -0.15) is 0 Å². The predicted molar refractivity (Wildman–Crippen MR) is 82.7 cm³/mol. The van der Waals surface area contributed by atoms with E-state index < -0.39 is 0 Å².